The third-order valence-electron chi connectivity index (χ3n) is 4.08. The molecule has 1 heterocycles. The molecule has 2 rings (SSSR count). The second-order valence-corrected chi connectivity index (χ2v) is 5.55. The third kappa shape index (κ3) is 4.30. The first-order valence-electron chi connectivity index (χ1n) is 7.40. The van der Waals surface area contributed by atoms with Crippen molar-refractivity contribution >= 4 is 5.91 Å². The second-order valence-electron chi connectivity index (χ2n) is 5.55. The Morgan fingerprint density at radius 1 is 0.882 bits per heavy atom. The first-order valence-corrected chi connectivity index (χ1v) is 7.40. The Kier molecular flexibility index (Phi) is 5.30. The van der Waals surface area contributed by atoms with E-state index in [-0.39, 0.29) is 11.9 Å². The van der Waals surface area contributed by atoms with Crippen molar-refractivity contribution < 1.29 is 4.79 Å². The summed E-state index contributed by atoms with van der Waals surface area (Å²) in [6.45, 7) is 1.00. The molecule has 1 aliphatic heterocycles. The van der Waals surface area contributed by atoms with E-state index in [2.05, 4.69) is 10.6 Å². The molecular formula is C14H26N2O. The van der Waals surface area contributed by atoms with Crippen LogP contribution >= 0.6 is 0 Å². The molecule has 1 amide bonds. The van der Waals surface area contributed by atoms with Crippen LogP contribution in [0.4, 0.5) is 0 Å². The van der Waals surface area contributed by atoms with E-state index in [9.17, 15) is 4.79 Å². The van der Waals surface area contributed by atoms with Gasteiger partial charge >= 0.3 is 0 Å². The fraction of sp³-hybridized carbons (Fsp3) is 0.929. The van der Waals surface area contributed by atoms with Gasteiger partial charge in [-0.1, -0.05) is 38.5 Å². The lowest BCUT2D eigenvalue weighted by Crippen LogP contribution is -2.49. The van der Waals surface area contributed by atoms with Gasteiger partial charge in [-0.05, 0) is 32.2 Å². The Bertz CT molecular complexity index is 228. The van der Waals surface area contributed by atoms with Gasteiger partial charge in [-0.3, -0.25) is 4.79 Å². The lowest BCUT2D eigenvalue weighted by atomic mass is 9.96. The van der Waals surface area contributed by atoms with Crippen LogP contribution in [0.1, 0.15) is 64.2 Å². The van der Waals surface area contributed by atoms with Crippen molar-refractivity contribution in [3.63, 3.8) is 0 Å². The lowest BCUT2D eigenvalue weighted by molar-refractivity contribution is -0.124. The summed E-state index contributed by atoms with van der Waals surface area (Å²) >= 11 is 0. The number of rotatable bonds is 2. The molecule has 3 nitrogen and oxygen atoms in total. The maximum Gasteiger partial charge on any atom is 0.237 e. The van der Waals surface area contributed by atoms with Gasteiger partial charge in [-0.25, -0.2) is 0 Å². The van der Waals surface area contributed by atoms with Crippen LogP contribution in [0.2, 0.25) is 0 Å². The summed E-state index contributed by atoms with van der Waals surface area (Å²) in [5.41, 5.74) is 0. The van der Waals surface area contributed by atoms with Crippen LogP contribution in [0, 0.1) is 0 Å². The van der Waals surface area contributed by atoms with Crippen molar-refractivity contribution in [1.82, 2.24) is 10.6 Å². The molecule has 1 unspecified atom stereocenters. The van der Waals surface area contributed by atoms with Gasteiger partial charge in [0.25, 0.3) is 0 Å². The molecule has 0 bridgehead atoms. The van der Waals surface area contributed by atoms with E-state index < -0.39 is 0 Å². The molecule has 0 aromatic heterocycles. The molecule has 1 saturated carbocycles. The Hall–Kier alpha value is -0.570. The topological polar surface area (TPSA) is 41.1 Å². The number of hydrogen-bond donors (Lipinski definition) is 2. The van der Waals surface area contributed by atoms with Gasteiger partial charge < -0.3 is 10.6 Å². The lowest BCUT2D eigenvalue weighted by Gasteiger charge is -2.27. The predicted octanol–water partition coefficient (Wildman–Crippen LogP) is 2.36. The largest absolute Gasteiger partial charge is 0.352 e. The minimum absolute atomic E-state index is 0.0780. The fourth-order valence-corrected chi connectivity index (χ4v) is 2.98. The molecule has 2 fully saturated rings. The number of amides is 1. The molecule has 0 spiro atoms. The molecule has 1 saturated heterocycles. The zero-order valence-electron chi connectivity index (χ0n) is 10.8. The summed E-state index contributed by atoms with van der Waals surface area (Å²) in [6.07, 6.45) is 12.4. The van der Waals surface area contributed by atoms with E-state index >= 15 is 0 Å². The van der Waals surface area contributed by atoms with Crippen LogP contribution < -0.4 is 10.6 Å². The van der Waals surface area contributed by atoms with Crippen LogP contribution in [-0.4, -0.2) is 24.5 Å². The van der Waals surface area contributed by atoms with Crippen molar-refractivity contribution in [3.05, 3.63) is 0 Å². The van der Waals surface area contributed by atoms with E-state index in [0.29, 0.717) is 6.04 Å². The van der Waals surface area contributed by atoms with Crippen LogP contribution in [0.3, 0.4) is 0 Å². The van der Waals surface area contributed by atoms with Gasteiger partial charge in [-0.15, -0.1) is 0 Å². The average Bonchev–Trinajstić information content (AvgIpc) is 2.33. The van der Waals surface area contributed by atoms with Gasteiger partial charge in [0.2, 0.25) is 5.91 Å². The Morgan fingerprint density at radius 2 is 1.53 bits per heavy atom. The van der Waals surface area contributed by atoms with E-state index in [4.69, 9.17) is 0 Å². The Labute approximate surface area is 105 Å². The van der Waals surface area contributed by atoms with Crippen molar-refractivity contribution in [2.75, 3.05) is 6.54 Å². The Balaban J connectivity index is 1.75. The molecule has 2 aliphatic rings. The molecule has 1 atom stereocenters. The zero-order valence-corrected chi connectivity index (χ0v) is 10.8. The van der Waals surface area contributed by atoms with E-state index in [1.807, 2.05) is 0 Å². The highest BCUT2D eigenvalue weighted by Crippen LogP contribution is 2.17. The quantitative estimate of drug-likeness (QED) is 0.775. The predicted molar refractivity (Wildman–Crippen MR) is 69.9 cm³/mol. The summed E-state index contributed by atoms with van der Waals surface area (Å²) in [6, 6.07) is 0.515. The minimum Gasteiger partial charge on any atom is -0.352 e. The second kappa shape index (κ2) is 7.00. The smallest absolute Gasteiger partial charge is 0.237 e. The normalized spacial score (nSPS) is 28.1. The zero-order chi connectivity index (χ0) is 11.9. The van der Waals surface area contributed by atoms with Crippen molar-refractivity contribution in [1.29, 1.82) is 0 Å². The van der Waals surface area contributed by atoms with E-state index in [1.165, 1.54) is 57.8 Å². The molecular weight excluding hydrogens is 212 g/mol. The number of nitrogens with one attached hydrogen (secondary N) is 2. The van der Waals surface area contributed by atoms with E-state index in [0.717, 1.165) is 13.0 Å². The highest BCUT2D eigenvalue weighted by Gasteiger charge is 2.22. The highest BCUT2D eigenvalue weighted by molar-refractivity contribution is 5.82. The first kappa shape index (κ1) is 12.9. The van der Waals surface area contributed by atoms with Crippen LogP contribution in [0.15, 0.2) is 0 Å². The molecule has 3 heteroatoms. The van der Waals surface area contributed by atoms with Crippen LogP contribution in [0.25, 0.3) is 0 Å². The van der Waals surface area contributed by atoms with Crippen molar-refractivity contribution in [2.24, 2.45) is 0 Å². The maximum absolute atomic E-state index is 12.1. The number of carbonyl (C=O) groups is 1. The standard InChI is InChI=1S/C14H26N2O/c17-14(13-10-6-7-11-15-13)16-12-8-4-2-1-3-5-9-12/h12-13,15H,1-11H2,(H,16,17). The number of carbonyl (C=O) groups excluding carboxylic acids is 1. The molecule has 1 aliphatic carbocycles. The van der Waals surface area contributed by atoms with E-state index in [1.54, 1.807) is 0 Å². The van der Waals surface area contributed by atoms with Crippen LogP contribution in [-0.2, 0) is 4.79 Å². The van der Waals surface area contributed by atoms with Crippen molar-refractivity contribution in [3.8, 4) is 0 Å². The molecule has 0 aromatic carbocycles. The number of hydrogen-bond acceptors (Lipinski definition) is 2. The summed E-state index contributed by atoms with van der Waals surface area (Å²) in [5.74, 6) is 0.246. The average molecular weight is 238 g/mol. The minimum atomic E-state index is 0.0780. The summed E-state index contributed by atoms with van der Waals surface area (Å²) < 4.78 is 0. The van der Waals surface area contributed by atoms with Gasteiger partial charge in [0.15, 0.2) is 0 Å². The molecule has 17 heavy (non-hydrogen) atoms. The fourth-order valence-electron chi connectivity index (χ4n) is 2.98. The SMILES string of the molecule is O=C(NC1CCCCCCC1)C1CCCCN1. The molecule has 2 N–H and O–H groups in total. The van der Waals surface area contributed by atoms with Crippen molar-refractivity contribution in [2.45, 2.75) is 76.3 Å². The Morgan fingerprint density at radius 3 is 2.18 bits per heavy atom. The summed E-state index contributed by atoms with van der Waals surface area (Å²) in [5, 5.41) is 6.58. The van der Waals surface area contributed by atoms with Gasteiger partial charge in [-0.2, -0.15) is 0 Å². The molecule has 98 valence electrons. The molecule has 0 aromatic rings. The third-order valence-corrected chi connectivity index (χ3v) is 4.08. The summed E-state index contributed by atoms with van der Waals surface area (Å²) in [4.78, 5) is 12.1. The highest BCUT2D eigenvalue weighted by atomic mass is 16.2. The monoisotopic (exact) mass is 238 g/mol. The first-order chi connectivity index (χ1) is 8.36. The van der Waals surface area contributed by atoms with Crippen LogP contribution in [0.5, 0.6) is 0 Å². The number of piperidine rings is 1. The van der Waals surface area contributed by atoms with Gasteiger partial charge in [0.1, 0.15) is 0 Å². The van der Waals surface area contributed by atoms with Gasteiger partial charge in [0, 0.05) is 6.04 Å². The summed E-state index contributed by atoms with van der Waals surface area (Å²) in [7, 11) is 0. The maximum atomic E-state index is 12.1. The molecule has 0 radical (unpaired) electrons. The van der Waals surface area contributed by atoms with Gasteiger partial charge in [0.05, 0.1) is 6.04 Å².